The highest BCUT2D eigenvalue weighted by atomic mass is 16.2. The second-order valence-electron chi connectivity index (χ2n) is 4.95. The molecule has 2 aromatic rings. The number of aromatic nitrogens is 2. The molecular weight excluding hydrogens is 238 g/mol. The molecule has 0 aliphatic heterocycles. The predicted molar refractivity (Wildman–Crippen MR) is 75.9 cm³/mol. The van der Waals surface area contributed by atoms with Crippen LogP contribution in [-0.2, 0) is 0 Å². The van der Waals surface area contributed by atoms with E-state index in [4.69, 9.17) is 0 Å². The molecule has 0 saturated carbocycles. The number of carbonyl (C=O) groups is 1. The molecular formula is C15H19N3O. The highest BCUT2D eigenvalue weighted by Gasteiger charge is 2.07. The maximum Gasteiger partial charge on any atom is 0.326 e. The van der Waals surface area contributed by atoms with Crippen molar-refractivity contribution in [3.05, 3.63) is 42.9 Å². The van der Waals surface area contributed by atoms with E-state index in [1.54, 1.807) is 12.5 Å². The first-order valence-corrected chi connectivity index (χ1v) is 6.54. The quantitative estimate of drug-likeness (QED) is 0.914. The zero-order valence-corrected chi connectivity index (χ0v) is 11.3. The molecule has 4 nitrogen and oxygen atoms in total. The number of nitrogens with one attached hydrogen (secondary N) is 1. The van der Waals surface area contributed by atoms with Crippen molar-refractivity contribution in [2.75, 3.05) is 6.54 Å². The molecule has 0 radical (unpaired) electrons. The van der Waals surface area contributed by atoms with Crippen LogP contribution < -0.4 is 5.32 Å². The van der Waals surface area contributed by atoms with Crippen molar-refractivity contribution >= 4 is 6.03 Å². The van der Waals surface area contributed by atoms with E-state index >= 15 is 0 Å². The fraction of sp³-hybridized carbons (Fsp3) is 0.333. The van der Waals surface area contributed by atoms with E-state index in [9.17, 15) is 4.79 Å². The van der Waals surface area contributed by atoms with Gasteiger partial charge in [-0.2, -0.15) is 0 Å². The van der Waals surface area contributed by atoms with Crippen LogP contribution in [0.2, 0.25) is 0 Å². The lowest BCUT2D eigenvalue weighted by atomic mass is 10.1. The molecule has 100 valence electrons. The SMILES string of the molecule is CC(C)CCNC(=O)n1cnc(-c2ccccc2)c1. The summed E-state index contributed by atoms with van der Waals surface area (Å²) in [4.78, 5) is 16.1. The monoisotopic (exact) mass is 257 g/mol. The number of carbonyl (C=O) groups excluding carboxylic acids is 1. The number of hydrogen-bond acceptors (Lipinski definition) is 2. The Kier molecular flexibility index (Phi) is 4.34. The van der Waals surface area contributed by atoms with E-state index < -0.39 is 0 Å². The molecule has 0 spiro atoms. The molecule has 0 aliphatic rings. The fourth-order valence-electron chi connectivity index (χ4n) is 1.75. The molecule has 0 atom stereocenters. The summed E-state index contributed by atoms with van der Waals surface area (Å²) in [5.74, 6) is 0.586. The molecule has 2 rings (SSSR count). The van der Waals surface area contributed by atoms with Crippen LogP contribution in [0.15, 0.2) is 42.9 Å². The number of amides is 1. The zero-order valence-electron chi connectivity index (χ0n) is 11.3. The molecule has 1 aromatic heterocycles. The molecule has 0 bridgehead atoms. The minimum absolute atomic E-state index is 0.129. The summed E-state index contributed by atoms with van der Waals surface area (Å²) in [7, 11) is 0. The van der Waals surface area contributed by atoms with E-state index in [2.05, 4.69) is 24.1 Å². The Balaban J connectivity index is 1.99. The third-order valence-corrected chi connectivity index (χ3v) is 2.88. The van der Waals surface area contributed by atoms with Gasteiger partial charge in [0.05, 0.1) is 5.69 Å². The summed E-state index contributed by atoms with van der Waals surface area (Å²) in [6.45, 7) is 4.96. The number of hydrogen-bond donors (Lipinski definition) is 1. The topological polar surface area (TPSA) is 46.9 Å². The van der Waals surface area contributed by atoms with Crippen LogP contribution in [0.5, 0.6) is 0 Å². The van der Waals surface area contributed by atoms with E-state index in [0.717, 1.165) is 17.7 Å². The maximum atomic E-state index is 11.9. The first-order valence-electron chi connectivity index (χ1n) is 6.54. The van der Waals surface area contributed by atoms with Crippen molar-refractivity contribution in [3.8, 4) is 11.3 Å². The average Bonchev–Trinajstić information content (AvgIpc) is 2.89. The lowest BCUT2D eigenvalue weighted by Crippen LogP contribution is -2.29. The average molecular weight is 257 g/mol. The van der Waals surface area contributed by atoms with Crippen LogP contribution >= 0.6 is 0 Å². The second kappa shape index (κ2) is 6.18. The molecule has 0 aliphatic carbocycles. The Morgan fingerprint density at radius 1 is 1.32 bits per heavy atom. The molecule has 1 N–H and O–H groups in total. The Morgan fingerprint density at radius 3 is 2.74 bits per heavy atom. The zero-order chi connectivity index (χ0) is 13.7. The van der Waals surface area contributed by atoms with E-state index in [0.29, 0.717) is 12.5 Å². The predicted octanol–water partition coefficient (Wildman–Crippen LogP) is 3.15. The van der Waals surface area contributed by atoms with Gasteiger partial charge in [0.1, 0.15) is 6.33 Å². The summed E-state index contributed by atoms with van der Waals surface area (Å²) >= 11 is 0. The van der Waals surface area contributed by atoms with Gasteiger partial charge in [0.15, 0.2) is 0 Å². The fourth-order valence-corrected chi connectivity index (χ4v) is 1.75. The second-order valence-corrected chi connectivity index (χ2v) is 4.95. The maximum absolute atomic E-state index is 11.9. The lowest BCUT2D eigenvalue weighted by Gasteiger charge is -2.06. The highest BCUT2D eigenvalue weighted by molar-refractivity contribution is 5.77. The van der Waals surface area contributed by atoms with Crippen LogP contribution in [0.3, 0.4) is 0 Å². The van der Waals surface area contributed by atoms with Gasteiger partial charge in [-0.1, -0.05) is 44.2 Å². The van der Waals surface area contributed by atoms with Crippen molar-refractivity contribution < 1.29 is 4.79 Å². The largest absolute Gasteiger partial charge is 0.337 e. The normalized spacial score (nSPS) is 10.7. The van der Waals surface area contributed by atoms with Gasteiger partial charge in [0.25, 0.3) is 0 Å². The van der Waals surface area contributed by atoms with Gasteiger partial charge in [0.2, 0.25) is 0 Å². The molecule has 1 amide bonds. The van der Waals surface area contributed by atoms with Crippen LogP contribution in [0.1, 0.15) is 20.3 Å². The van der Waals surface area contributed by atoms with Gasteiger partial charge in [-0.15, -0.1) is 0 Å². The molecule has 0 saturated heterocycles. The molecule has 0 fully saturated rings. The van der Waals surface area contributed by atoms with E-state index in [1.165, 1.54) is 4.57 Å². The van der Waals surface area contributed by atoms with Crippen molar-refractivity contribution in [2.24, 2.45) is 5.92 Å². The Hall–Kier alpha value is -2.10. The first-order chi connectivity index (χ1) is 9.16. The Morgan fingerprint density at radius 2 is 2.05 bits per heavy atom. The van der Waals surface area contributed by atoms with Crippen LogP contribution in [0, 0.1) is 5.92 Å². The van der Waals surface area contributed by atoms with Gasteiger partial charge in [-0.3, -0.25) is 4.57 Å². The van der Waals surface area contributed by atoms with Gasteiger partial charge in [0, 0.05) is 18.3 Å². The third kappa shape index (κ3) is 3.68. The van der Waals surface area contributed by atoms with Crippen LogP contribution in [0.25, 0.3) is 11.3 Å². The van der Waals surface area contributed by atoms with Gasteiger partial charge >= 0.3 is 6.03 Å². The highest BCUT2D eigenvalue weighted by Crippen LogP contribution is 2.15. The molecule has 19 heavy (non-hydrogen) atoms. The summed E-state index contributed by atoms with van der Waals surface area (Å²) in [6.07, 6.45) is 4.28. The smallest absolute Gasteiger partial charge is 0.326 e. The summed E-state index contributed by atoms with van der Waals surface area (Å²) in [6, 6.07) is 9.69. The summed E-state index contributed by atoms with van der Waals surface area (Å²) in [5, 5.41) is 2.88. The third-order valence-electron chi connectivity index (χ3n) is 2.88. The van der Waals surface area contributed by atoms with Crippen molar-refractivity contribution in [2.45, 2.75) is 20.3 Å². The number of rotatable bonds is 4. The van der Waals surface area contributed by atoms with Gasteiger partial charge in [-0.25, -0.2) is 9.78 Å². The lowest BCUT2D eigenvalue weighted by molar-refractivity contribution is 0.242. The van der Waals surface area contributed by atoms with Crippen LogP contribution in [0.4, 0.5) is 4.79 Å². The van der Waals surface area contributed by atoms with E-state index in [-0.39, 0.29) is 6.03 Å². The molecule has 1 heterocycles. The Labute approximate surface area is 113 Å². The first kappa shape index (κ1) is 13.3. The van der Waals surface area contributed by atoms with Gasteiger partial charge < -0.3 is 5.32 Å². The molecule has 4 heteroatoms. The minimum atomic E-state index is -0.129. The van der Waals surface area contributed by atoms with Gasteiger partial charge in [-0.05, 0) is 12.3 Å². The number of benzene rings is 1. The Bertz CT molecular complexity index is 531. The summed E-state index contributed by atoms with van der Waals surface area (Å²) in [5.41, 5.74) is 1.82. The molecule has 1 aromatic carbocycles. The van der Waals surface area contributed by atoms with Crippen molar-refractivity contribution in [3.63, 3.8) is 0 Å². The minimum Gasteiger partial charge on any atom is -0.337 e. The number of nitrogens with zero attached hydrogens (tertiary/aromatic N) is 2. The number of imidazole rings is 1. The molecule has 0 unspecified atom stereocenters. The standard InChI is InChI=1S/C15H19N3O/c1-12(2)8-9-16-15(19)18-10-14(17-11-18)13-6-4-3-5-7-13/h3-7,10-12H,8-9H2,1-2H3,(H,16,19). The van der Waals surface area contributed by atoms with E-state index in [1.807, 2.05) is 30.3 Å². The summed E-state index contributed by atoms with van der Waals surface area (Å²) < 4.78 is 1.49. The van der Waals surface area contributed by atoms with Crippen molar-refractivity contribution in [1.82, 2.24) is 14.9 Å². The van der Waals surface area contributed by atoms with Crippen molar-refractivity contribution in [1.29, 1.82) is 0 Å². The van der Waals surface area contributed by atoms with Crippen LogP contribution in [-0.4, -0.2) is 22.1 Å².